The van der Waals surface area contributed by atoms with E-state index in [1.807, 2.05) is 18.2 Å². The van der Waals surface area contributed by atoms with Crippen molar-refractivity contribution in [2.75, 3.05) is 12.1 Å². The molecular formula is C14H12INO2. The zero-order valence-electron chi connectivity index (χ0n) is 9.65. The molecule has 3 nitrogen and oxygen atoms in total. The highest BCUT2D eigenvalue weighted by Gasteiger charge is 2.12. The molecule has 1 aliphatic rings. The summed E-state index contributed by atoms with van der Waals surface area (Å²) < 4.78 is 11.9. The van der Waals surface area contributed by atoms with Crippen LogP contribution in [0.1, 0.15) is 5.56 Å². The maximum absolute atomic E-state index is 5.36. The molecule has 0 spiro atoms. The van der Waals surface area contributed by atoms with Crippen molar-refractivity contribution in [1.82, 2.24) is 0 Å². The number of ether oxygens (including phenoxy) is 2. The van der Waals surface area contributed by atoms with Crippen molar-refractivity contribution in [2.24, 2.45) is 0 Å². The van der Waals surface area contributed by atoms with Crippen molar-refractivity contribution < 1.29 is 9.47 Å². The highest BCUT2D eigenvalue weighted by molar-refractivity contribution is 14.1. The third kappa shape index (κ3) is 2.53. The zero-order valence-corrected chi connectivity index (χ0v) is 11.8. The molecule has 0 atom stereocenters. The summed E-state index contributed by atoms with van der Waals surface area (Å²) in [6.45, 7) is 1.10. The molecule has 0 fully saturated rings. The molecule has 18 heavy (non-hydrogen) atoms. The van der Waals surface area contributed by atoms with Gasteiger partial charge >= 0.3 is 0 Å². The Kier molecular flexibility index (Phi) is 3.27. The van der Waals surface area contributed by atoms with Gasteiger partial charge in [0.15, 0.2) is 11.5 Å². The fraction of sp³-hybridized carbons (Fsp3) is 0.143. The first-order valence-corrected chi connectivity index (χ1v) is 6.77. The first kappa shape index (κ1) is 11.6. The van der Waals surface area contributed by atoms with Crippen LogP contribution < -0.4 is 14.8 Å². The van der Waals surface area contributed by atoms with Crippen LogP contribution in [-0.2, 0) is 6.54 Å². The Morgan fingerprint density at radius 2 is 1.78 bits per heavy atom. The SMILES string of the molecule is Ic1ccc(NCc2ccc3c(c2)OCO3)cc1. The van der Waals surface area contributed by atoms with Crippen LogP contribution in [-0.4, -0.2) is 6.79 Å². The molecule has 1 N–H and O–H groups in total. The summed E-state index contributed by atoms with van der Waals surface area (Å²) in [5.74, 6) is 1.66. The molecule has 4 heteroatoms. The van der Waals surface area contributed by atoms with E-state index in [0.717, 1.165) is 23.7 Å². The fourth-order valence-electron chi connectivity index (χ4n) is 1.82. The van der Waals surface area contributed by atoms with Crippen molar-refractivity contribution in [3.05, 3.63) is 51.6 Å². The highest BCUT2D eigenvalue weighted by atomic mass is 127. The van der Waals surface area contributed by atoms with Crippen LogP contribution in [0.3, 0.4) is 0 Å². The van der Waals surface area contributed by atoms with Crippen molar-refractivity contribution in [2.45, 2.75) is 6.54 Å². The van der Waals surface area contributed by atoms with Gasteiger partial charge in [0.05, 0.1) is 0 Å². The summed E-state index contributed by atoms with van der Waals surface area (Å²) in [6.07, 6.45) is 0. The Hall–Kier alpha value is -1.43. The molecule has 2 aromatic rings. The van der Waals surface area contributed by atoms with E-state index in [4.69, 9.17) is 9.47 Å². The van der Waals surface area contributed by atoms with Gasteiger partial charge in [-0.2, -0.15) is 0 Å². The summed E-state index contributed by atoms with van der Waals surface area (Å²) >= 11 is 2.30. The number of hydrogen-bond acceptors (Lipinski definition) is 3. The summed E-state index contributed by atoms with van der Waals surface area (Å²) in [5, 5.41) is 3.38. The molecule has 0 saturated carbocycles. The number of fused-ring (bicyclic) bond motifs is 1. The van der Waals surface area contributed by atoms with Crippen molar-refractivity contribution in [3.8, 4) is 11.5 Å². The molecule has 0 saturated heterocycles. The van der Waals surface area contributed by atoms with Gasteiger partial charge in [-0.15, -0.1) is 0 Å². The maximum Gasteiger partial charge on any atom is 0.231 e. The second-order valence-electron chi connectivity index (χ2n) is 4.05. The van der Waals surface area contributed by atoms with Gasteiger partial charge in [-0.25, -0.2) is 0 Å². The molecule has 0 radical (unpaired) electrons. The van der Waals surface area contributed by atoms with E-state index in [9.17, 15) is 0 Å². The van der Waals surface area contributed by atoms with Crippen LogP contribution in [0.5, 0.6) is 11.5 Å². The first-order chi connectivity index (χ1) is 8.81. The minimum absolute atomic E-state index is 0.323. The molecule has 2 aromatic carbocycles. The van der Waals surface area contributed by atoms with Crippen molar-refractivity contribution >= 4 is 28.3 Å². The Morgan fingerprint density at radius 3 is 2.61 bits per heavy atom. The molecule has 0 bridgehead atoms. The van der Waals surface area contributed by atoms with Gasteiger partial charge in [-0.1, -0.05) is 6.07 Å². The van der Waals surface area contributed by atoms with Gasteiger partial charge in [0, 0.05) is 15.8 Å². The lowest BCUT2D eigenvalue weighted by molar-refractivity contribution is 0.174. The topological polar surface area (TPSA) is 30.5 Å². The molecule has 0 unspecified atom stereocenters. The third-order valence-electron chi connectivity index (χ3n) is 2.78. The van der Waals surface area contributed by atoms with Crippen LogP contribution in [0.25, 0.3) is 0 Å². The summed E-state index contributed by atoms with van der Waals surface area (Å²) in [6, 6.07) is 14.3. The smallest absolute Gasteiger partial charge is 0.231 e. The minimum Gasteiger partial charge on any atom is -0.454 e. The molecule has 1 heterocycles. The molecule has 1 aliphatic heterocycles. The molecular weight excluding hydrogens is 341 g/mol. The number of nitrogens with one attached hydrogen (secondary N) is 1. The summed E-state index contributed by atoms with van der Waals surface area (Å²) in [7, 11) is 0. The zero-order chi connectivity index (χ0) is 12.4. The Balaban J connectivity index is 1.68. The number of halogens is 1. The standard InChI is InChI=1S/C14H12INO2/c15-11-2-4-12(5-3-11)16-8-10-1-6-13-14(7-10)18-9-17-13/h1-7,16H,8-9H2. The Bertz CT molecular complexity index is 554. The largest absolute Gasteiger partial charge is 0.454 e. The maximum atomic E-state index is 5.36. The second kappa shape index (κ2) is 5.06. The van der Waals surface area contributed by atoms with E-state index in [-0.39, 0.29) is 0 Å². The van der Waals surface area contributed by atoms with Gasteiger partial charge in [0.2, 0.25) is 6.79 Å². The normalized spacial score (nSPS) is 12.5. The number of rotatable bonds is 3. The molecule has 92 valence electrons. The molecule has 0 aromatic heterocycles. The van der Waals surface area contributed by atoms with Crippen LogP contribution in [0.4, 0.5) is 5.69 Å². The number of benzene rings is 2. The van der Waals surface area contributed by atoms with Crippen LogP contribution in [0, 0.1) is 3.57 Å². The summed E-state index contributed by atoms with van der Waals surface area (Å²) in [5.41, 5.74) is 2.30. The quantitative estimate of drug-likeness (QED) is 0.855. The molecule has 0 amide bonds. The van der Waals surface area contributed by atoms with E-state index in [2.05, 4.69) is 52.2 Å². The Morgan fingerprint density at radius 1 is 1.00 bits per heavy atom. The van der Waals surface area contributed by atoms with Crippen LogP contribution in [0.15, 0.2) is 42.5 Å². The van der Waals surface area contributed by atoms with E-state index < -0.39 is 0 Å². The number of anilines is 1. The molecule has 0 aliphatic carbocycles. The lowest BCUT2D eigenvalue weighted by Gasteiger charge is -2.07. The average Bonchev–Trinajstić information content (AvgIpc) is 2.85. The Labute approximate surface area is 119 Å². The summed E-state index contributed by atoms with van der Waals surface area (Å²) in [4.78, 5) is 0. The van der Waals surface area contributed by atoms with Gasteiger partial charge in [0.1, 0.15) is 0 Å². The van der Waals surface area contributed by atoms with Crippen molar-refractivity contribution in [1.29, 1.82) is 0 Å². The van der Waals surface area contributed by atoms with Gasteiger partial charge in [-0.3, -0.25) is 0 Å². The lowest BCUT2D eigenvalue weighted by atomic mass is 10.2. The van der Waals surface area contributed by atoms with E-state index in [0.29, 0.717) is 6.79 Å². The minimum atomic E-state index is 0.323. The monoisotopic (exact) mass is 353 g/mol. The lowest BCUT2D eigenvalue weighted by Crippen LogP contribution is -1.99. The van der Waals surface area contributed by atoms with Gasteiger partial charge in [0.25, 0.3) is 0 Å². The van der Waals surface area contributed by atoms with Crippen LogP contribution >= 0.6 is 22.6 Å². The fourth-order valence-corrected chi connectivity index (χ4v) is 2.18. The van der Waals surface area contributed by atoms with Gasteiger partial charge in [-0.05, 0) is 64.6 Å². The number of hydrogen-bond donors (Lipinski definition) is 1. The predicted molar refractivity (Wildman–Crippen MR) is 79.1 cm³/mol. The van der Waals surface area contributed by atoms with Crippen molar-refractivity contribution in [3.63, 3.8) is 0 Å². The molecule has 3 rings (SSSR count). The predicted octanol–water partition coefficient (Wildman–Crippen LogP) is 3.63. The average molecular weight is 353 g/mol. The first-order valence-electron chi connectivity index (χ1n) is 5.69. The third-order valence-corrected chi connectivity index (χ3v) is 3.50. The van der Waals surface area contributed by atoms with Gasteiger partial charge < -0.3 is 14.8 Å². The van der Waals surface area contributed by atoms with E-state index in [1.165, 1.54) is 9.13 Å². The second-order valence-corrected chi connectivity index (χ2v) is 5.29. The van der Waals surface area contributed by atoms with E-state index in [1.54, 1.807) is 0 Å². The van der Waals surface area contributed by atoms with Crippen LogP contribution in [0.2, 0.25) is 0 Å². The highest BCUT2D eigenvalue weighted by Crippen LogP contribution is 2.32. The van der Waals surface area contributed by atoms with E-state index >= 15 is 0 Å².